The molecule has 0 N–H and O–H groups in total. The van der Waals surface area contributed by atoms with Gasteiger partial charge in [0.1, 0.15) is 12.4 Å². The van der Waals surface area contributed by atoms with Crippen molar-refractivity contribution in [2.45, 2.75) is 25.1 Å². The number of benzene rings is 2. The first kappa shape index (κ1) is 18.4. The van der Waals surface area contributed by atoms with Crippen LogP contribution < -0.4 is 4.90 Å². The van der Waals surface area contributed by atoms with Crippen LogP contribution in [0, 0.1) is 5.82 Å². The minimum atomic E-state index is -1.60. The smallest absolute Gasteiger partial charge is 0.354 e. The molecule has 0 aromatic heterocycles. The molecule has 2 aromatic rings. The van der Waals surface area contributed by atoms with Gasteiger partial charge in [0, 0.05) is 25.5 Å². The van der Waals surface area contributed by atoms with Gasteiger partial charge < -0.3 is 9.64 Å². The predicted molar refractivity (Wildman–Crippen MR) is 99.2 cm³/mol. The topological polar surface area (TPSA) is 66.9 Å². The number of para-hydroxylation sites is 1. The van der Waals surface area contributed by atoms with Gasteiger partial charge in [0.05, 0.1) is 16.3 Å². The van der Waals surface area contributed by atoms with Crippen molar-refractivity contribution in [1.29, 1.82) is 0 Å². The molecule has 6 nitrogen and oxygen atoms in total. The van der Waals surface area contributed by atoms with E-state index in [4.69, 9.17) is 16.3 Å². The minimum Gasteiger partial charge on any atom is -0.457 e. The molecule has 2 aliphatic rings. The molecule has 0 spiro atoms. The van der Waals surface area contributed by atoms with E-state index >= 15 is 0 Å². The first-order chi connectivity index (χ1) is 13.4. The number of fused-ring (bicyclic) bond motifs is 3. The Morgan fingerprint density at radius 2 is 1.96 bits per heavy atom. The monoisotopic (exact) mass is 402 g/mol. The van der Waals surface area contributed by atoms with E-state index in [0.717, 1.165) is 0 Å². The fourth-order valence-corrected chi connectivity index (χ4v) is 4.03. The summed E-state index contributed by atoms with van der Waals surface area (Å²) in [6, 6.07) is 10.8. The molecule has 2 heterocycles. The molecular formula is C20H16ClFN2O4. The van der Waals surface area contributed by atoms with Gasteiger partial charge >= 0.3 is 5.97 Å². The molecule has 1 saturated heterocycles. The van der Waals surface area contributed by atoms with E-state index in [0.29, 0.717) is 11.3 Å². The molecule has 2 aromatic carbocycles. The highest BCUT2D eigenvalue weighted by Gasteiger charge is 2.60. The number of amides is 2. The third-order valence-electron chi connectivity index (χ3n) is 5.28. The molecular weight excluding hydrogens is 387 g/mol. The second-order valence-electron chi connectivity index (χ2n) is 6.70. The third-order valence-corrected chi connectivity index (χ3v) is 5.63. The lowest BCUT2D eigenvalue weighted by molar-refractivity contribution is -0.157. The predicted octanol–water partition coefficient (Wildman–Crippen LogP) is 3.13. The zero-order valence-corrected chi connectivity index (χ0v) is 15.7. The number of carbonyl (C=O) groups excluding carboxylic acids is 3. The third kappa shape index (κ3) is 2.50. The van der Waals surface area contributed by atoms with Crippen molar-refractivity contribution in [3.8, 4) is 0 Å². The summed E-state index contributed by atoms with van der Waals surface area (Å²) < 4.78 is 19.4. The van der Waals surface area contributed by atoms with Crippen molar-refractivity contribution in [3.05, 3.63) is 64.4 Å². The van der Waals surface area contributed by atoms with Gasteiger partial charge in [-0.15, -0.1) is 0 Å². The summed E-state index contributed by atoms with van der Waals surface area (Å²) in [5, 5.41) is 0.128. The Bertz CT molecular complexity index is 991. The van der Waals surface area contributed by atoms with Crippen LogP contribution in [-0.2, 0) is 20.9 Å². The minimum absolute atomic E-state index is 0.0370. The Morgan fingerprint density at radius 3 is 2.71 bits per heavy atom. The molecule has 4 rings (SSSR count). The van der Waals surface area contributed by atoms with Crippen LogP contribution in [0.5, 0.6) is 0 Å². The van der Waals surface area contributed by atoms with E-state index in [2.05, 4.69) is 0 Å². The zero-order valence-electron chi connectivity index (χ0n) is 14.9. The van der Waals surface area contributed by atoms with E-state index in [1.54, 1.807) is 24.3 Å². The second kappa shape index (κ2) is 6.60. The first-order valence-electron chi connectivity index (χ1n) is 8.68. The molecule has 2 aliphatic heterocycles. The maximum atomic E-state index is 14.0. The van der Waals surface area contributed by atoms with E-state index < -0.39 is 24.1 Å². The Morgan fingerprint density at radius 1 is 1.21 bits per heavy atom. The number of anilines is 1. The molecule has 1 fully saturated rings. The Kier molecular flexibility index (Phi) is 4.34. The van der Waals surface area contributed by atoms with Crippen LogP contribution in [0.25, 0.3) is 0 Å². The highest BCUT2D eigenvalue weighted by molar-refractivity contribution is 6.31. The zero-order chi connectivity index (χ0) is 20.1. The van der Waals surface area contributed by atoms with Crippen molar-refractivity contribution < 1.29 is 23.5 Å². The van der Waals surface area contributed by atoms with Crippen molar-refractivity contribution in [1.82, 2.24) is 4.90 Å². The first-order valence-corrected chi connectivity index (χ1v) is 9.06. The van der Waals surface area contributed by atoms with Gasteiger partial charge in [-0.1, -0.05) is 29.8 Å². The van der Waals surface area contributed by atoms with Crippen LogP contribution in [0.1, 0.15) is 28.8 Å². The molecule has 8 heteroatoms. The lowest BCUT2D eigenvalue weighted by atomic mass is 9.97. The summed E-state index contributed by atoms with van der Waals surface area (Å²) in [5.41, 5.74) is -0.856. The maximum absolute atomic E-state index is 14.0. The van der Waals surface area contributed by atoms with Crippen LogP contribution in [0.4, 0.5) is 10.1 Å². The van der Waals surface area contributed by atoms with Gasteiger partial charge in [-0.2, -0.15) is 0 Å². The number of hydrogen-bond donors (Lipinski definition) is 0. The average molecular weight is 403 g/mol. The quantitative estimate of drug-likeness (QED) is 0.740. The second-order valence-corrected chi connectivity index (χ2v) is 7.11. The van der Waals surface area contributed by atoms with Crippen LogP contribution >= 0.6 is 11.6 Å². The Hall–Kier alpha value is -2.93. The molecule has 144 valence electrons. The normalized spacial score (nSPS) is 20.8. The van der Waals surface area contributed by atoms with Crippen LogP contribution in [0.2, 0.25) is 5.02 Å². The molecule has 0 aliphatic carbocycles. The summed E-state index contributed by atoms with van der Waals surface area (Å²) in [7, 11) is 1.46. The van der Waals surface area contributed by atoms with Gasteiger partial charge in [-0.3, -0.25) is 14.5 Å². The van der Waals surface area contributed by atoms with Crippen molar-refractivity contribution in [2.24, 2.45) is 0 Å². The fourth-order valence-electron chi connectivity index (χ4n) is 3.81. The van der Waals surface area contributed by atoms with Crippen molar-refractivity contribution in [2.75, 3.05) is 11.9 Å². The molecule has 28 heavy (non-hydrogen) atoms. The van der Waals surface area contributed by atoms with E-state index in [1.807, 2.05) is 0 Å². The van der Waals surface area contributed by atoms with Crippen LogP contribution in [-0.4, -0.2) is 35.4 Å². The number of rotatable bonds is 3. The number of hydrogen-bond acceptors (Lipinski definition) is 4. The van der Waals surface area contributed by atoms with Gasteiger partial charge in [-0.25, -0.2) is 9.18 Å². The van der Waals surface area contributed by atoms with Gasteiger partial charge in [0.15, 0.2) is 0 Å². The van der Waals surface area contributed by atoms with Crippen LogP contribution in [0.3, 0.4) is 0 Å². The summed E-state index contributed by atoms with van der Waals surface area (Å²) in [6.07, 6.45) is 0.174. The SMILES string of the molecule is CN1C(=O)c2ccccc2N2C(=O)CC[C@@]12C(=O)OCc1c(F)cccc1Cl. The largest absolute Gasteiger partial charge is 0.457 e. The molecule has 0 radical (unpaired) electrons. The molecule has 0 bridgehead atoms. The standard InChI is InChI=1S/C20H16ClFN2O4/c1-23-18(26)12-5-2-3-8-16(12)24-17(25)9-10-20(23,24)19(27)28-11-13-14(21)6-4-7-15(13)22/h2-8H,9-11H2,1H3/t20-/m1/s1. The van der Waals surface area contributed by atoms with E-state index in [1.165, 1.54) is 35.0 Å². The van der Waals surface area contributed by atoms with Crippen LogP contribution in [0.15, 0.2) is 42.5 Å². The lowest BCUT2D eigenvalue weighted by Gasteiger charge is -2.46. The highest BCUT2D eigenvalue weighted by atomic mass is 35.5. The Balaban J connectivity index is 1.72. The summed E-state index contributed by atoms with van der Waals surface area (Å²) in [5.74, 6) is -2.08. The number of nitrogens with zero attached hydrogens (tertiary/aromatic N) is 2. The summed E-state index contributed by atoms with van der Waals surface area (Å²) in [6.45, 7) is -0.405. The number of esters is 1. The van der Waals surface area contributed by atoms with E-state index in [9.17, 15) is 18.8 Å². The number of ether oxygens (including phenoxy) is 1. The molecule has 0 saturated carbocycles. The Labute approximate surface area is 165 Å². The summed E-state index contributed by atoms with van der Waals surface area (Å²) >= 11 is 5.99. The number of carbonyl (C=O) groups is 3. The lowest BCUT2D eigenvalue weighted by Crippen LogP contribution is -2.67. The molecule has 0 unspecified atom stereocenters. The summed E-state index contributed by atoms with van der Waals surface area (Å²) in [4.78, 5) is 41.1. The highest BCUT2D eigenvalue weighted by Crippen LogP contribution is 2.44. The molecule has 1 atom stereocenters. The maximum Gasteiger partial charge on any atom is 0.354 e. The van der Waals surface area contributed by atoms with Crippen molar-refractivity contribution >= 4 is 35.1 Å². The molecule has 2 amide bonds. The number of likely N-dealkylation sites (N-methyl/N-ethyl adjacent to an activating group) is 1. The average Bonchev–Trinajstić information content (AvgIpc) is 3.04. The van der Waals surface area contributed by atoms with Gasteiger partial charge in [0.2, 0.25) is 11.6 Å². The van der Waals surface area contributed by atoms with Gasteiger partial charge in [0.25, 0.3) is 5.91 Å². The van der Waals surface area contributed by atoms with E-state index in [-0.39, 0.29) is 35.2 Å². The number of halogens is 2. The van der Waals surface area contributed by atoms with Crippen molar-refractivity contribution in [3.63, 3.8) is 0 Å². The van der Waals surface area contributed by atoms with Gasteiger partial charge in [-0.05, 0) is 24.3 Å². The fraction of sp³-hybridized carbons (Fsp3) is 0.250.